The van der Waals surface area contributed by atoms with Gasteiger partial charge in [0.15, 0.2) is 0 Å². The number of nitrogens with one attached hydrogen (secondary N) is 3. The molecule has 8 rings (SSSR count). The van der Waals surface area contributed by atoms with E-state index >= 15 is 0 Å². The molecule has 0 bridgehead atoms. The lowest BCUT2D eigenvalue weighted by molar-refractivity contribution is -0.140. The number of aromatic nitrogens is 2. The molecular formula is C45H51N7O7S2. The van der Waals surface area contributed by atoms with Crippen molar-refractivity contribution in [3.8, 4) is 28.3 Å². The minimum Gasteiger partial charge on any atom is -0.496 e. The lowest BCUT2D eigenvalue weighted by Crippen LogP contribution is -2.57. The van der Waals surface area contributed by atoms with Crippen LogP contribution in [-0.2, 0) is 24.4 Å². The van der Waals surface area contributed by atoms with Crippen LogP contribution in [0.4, 0.5) is 5.69 Å². The summed E-state index contributed by atoms with van der Waals surface area (Å²) in [5, 5.41) is 18.8. The SMILES string of the molecule is COc1ccc2c(O[C@@H]3C[C@H]4C(=O)N[C@]5(C(=O)NS(=O)(=O)C6CC6)C[C@H]5/C=C\CCCCC[C@H](Nc5cccc(C#N)c5)C(=O)N4C3)cc(-c3nc(C(C)C)cs3)nc2c1C. The monoisotopic (exact) mass is 865 g/mol. The molecule has 2 aromatic carbocycles. The summed E-state index contributed by atoms with van der Waals surface area (Å²) >= 11 is 1.49. The van der Waals surface area contributed by atoms with E-state index in [-0.39, 0.29) is 31.2 Å². The van der Waals surface area contributed by atoms with Crippen LogP contribution in [0.3, 0.4) is 0 Å². The highest BCUT2D eigenvalue weighted by molar-refractivity contribution is 7.91. The number of nitriles is 1. The number of carbonyl (C=O) groups excluding carboxylic acids is 3. The van der Waals surface area contributed by atoms with Gasteiger partial charge >= 0.3 is 0 Å². The highest BCUT2D eigenvalue weighted by atomic mass is 32.2. The largest absolute Gasteiger partial charge is 0.496 e. The van der Waals surface area contributed by atoms with E-state index in [1.165, 1.54) is 16.2 Å². The van der Waals surface area contributed by atoms with E-state index in [2.05, 4.69) is 35.3 Å². The number of nitrogens with zero attached hydrogens (tertiary/aromatic N) is 4. The van der Waals surface area contributed by atoms with Crippen molar-refractivity contribution in [2.24, 2.45) is 5.92 Å². The van der Waals surface area contributed by atoms with Crippen molar-refractivity contribution >= 4 is 55.7 Å². The zero-order chi connectivity index (χ0) is 43.1. The van der Waals surface area contributed by atoms with Gasteiger partial charge in [0, 0.05) is 40.4 Å². The van der Waals surface area contributed by atoms with Crippen LogP contribution in [0.5, 0.6) is 11.5 Å². The summed E-state index contributed by atoms with van der Waals surface area (Å²) in [6.45, 7) is 6.15. The summed E-state index contributed by atoms with van der Waals surface area (Å²) in [4.78, 5) is 55.0. The van der Waals surface area contributed by atoms with Gasteiger partial charge in [-0.2, -0.15) is 5.26 Å². The van der Waals surface area contributed by atoms with Crippen molar-refractivity contribution < 1.29 is 32.3 Å². The van der Waals surface area contributed by atoms with E-state index in [9.17, 15) is 28.1 Å². The lowest BCUT2D eigenvalue weighted by atomic mass is 10.0. The van der Waals surface area contributed by atoms with E-state index in [1.54, 1.807) is 31.4 Å². The standard InChI is InChI=1S/C45H51N7O7S2/c1-26(2)36-25-60-42(49-36)35-21-39(33-17-18-38(58-4)27(3)40(33)48-35)59-31-20-37-41(53)50-45(44(55)51-61(56,57)32-15-16-32)22-29(45)12-8-6-5-7-9-14-34(43(54)52(37)24-31)47-30-13-10-11-28(19-30)23-46/h8,10-13,17-19,21,25-26,29,31-32,34,37,47H,5-7,9,14-16,20,22,24H2,1-4H3,(H,50,53)(H,51,55)/b12-8-/t29-,31-,34+,37+,45-/m1/s1. The van der Waals surface area contributed by atoms with Crippen LogP contribution in [0.2, 0.25) is 0 Å². The number of allylic oxidation sites excluding steroid dienone is 1. The third kappa shape index (κ3) is 8.81. The number of fused-ring (bicyclic) bond motifs is 3. The fourth-order valence-corrected chi connectivity index (χ4v) is 10.7. The number of hydrogen-bond donors (Lipinski definition) is 3. The van der Waals surface area contributed by atoms with Crippen molar-refractivity contribution in [2.75, 3.05) is 19.0 Å². The van der Waals surface area contributed by atoms with Crippen molar-refractivity contribution in [1.82, 2.24) is 24.9 Å². The highest BCUT2D eigenvalue weighted by Crippen LogP contribution is 2.46. The maximum absolute atomic E-state index is 14.9. The molecule has 0 spiro atoms. The van der Waals surface area contributed by atoms with Gasteiger partial charge in [-0.3, -0.25) is 19.1 Å². The number of anilines is 1. The molecule has 2 aromatic heterocycles. The molecule has 2 saturated carbocycles. The maximum Gasteiger partial charge on any atom is 0.259 e. The molecule has 3 N–H and O–H groups in total. The minimum absolute atomic E-state index is 0.0506. The van der Waals surface area contributed by atoms with E-state index in [0.717, 1.165) is 47.3 Å². The van der Waals surface area contributed by atoms with Crippen LogP contribution in [0.25, 0.3) is 21.6 Å². The summed E-state index contributed by atoms with van der Waals surface area (Å²) in [5.74, 6) is -0.693. The first-order chi connectivity index (χ1) is 29.3. The van der Waals surface area contributed by atoms with E-state index in [4.69, 9.17) is 19.4 Å². The fourth-order valence-electron chi connectivity index (χ4n) is 8.38. The summed E-state index contributed by atoms with van der Waals surface area (Å²) in [5.41, 5.74) is 2.59. The number of sulfonamides is 1. The lowest BCUT2D eigenvalue weighted by Gasteiger charge is -2.30. The zero-order valence-electron chi connectivity index (χ0n) is 34.8. The van der Waals surface area contributed by atoms with Gasteiger partial charge in [-0.15, -0.1) is 11.3 Å². The van der Waals surface area contributed by atoms with Crippen LogP contribution in [-0.4, -0.2) is 83.6 Å². The molecule has 1 saturated heterocycles. The van der Waals surface area contributed by atoms with Crippen LogP contribution in [0, 0.1) is 24.2 Å². The molecule has 0 unspecified atom stereocenters. The number of benzene rings is 2. The van der Waals surface area contributed by atoms with Gasteiger partial charge in [-0.05, 0) is 81.7 Å². The number of rotatable bonds is 10. The summed E-state index contributed by atoms with van der Waals surface area (Å²) in [6.07, 6.45) is 8.08. The van der Waals surface area contributed by atoms with Crippen LogP contribution >= 0.6 is 11.3 Å². The molecule has 4 heterocycles. The fraction of sp³-hybridized carbons (Fsp3) is 0.467. The molecule has 320 valence electrons. The number of thiazole rings is 1. The Kier molecular flexibility index (Phi) is 11.8. The Morgan fingerprint density at radius 1 is 1.08 bits per heavy atom. The van der Waals surface area contributed by atoms with Crippen molar-refractivity contribution in [1.29, 1.82) is 5.26 Å². The number of methoxy groups -OCH3 is 1. The van der Waals surface area contributed by atoms with Crippen LogP contribution < -0.4 is 24.8 Å². The topological polar surface area (TPSA) is 193 Å². The van der Waals surface area contributed by atoms with Crippen LogP contribution in [0.15, 0.2) is 60.0 Å². The normalized spacial score (nSPS) is 25.0. The first-order valence-electron chi connectivity index (χ1n) is 21.0. The molecule has 2 aliphatic carbocycles. The molecule has 3 amide bonds. The number of hydrogen-bond acceptors (Lipinski definition) is 12. The van der Waals surface area contributed by atoms with Crippen molar-refractivity contribution in [2.45, 2.75) is 113 Å². The second kappa shape index (κ2) is 17.1. The first-order valence-corrected chi connectivity index (χ1v) is 23.5. The second-order valence-corrected chi connectivity index (χ2v) is 19.7. The molecule has 14 nitrogen and oxygen atoms in total. The Labute approximate surface area is 360 Å². The smallest absolute Gasteiger partial charge is 0.259 e. The average molecular weight is 866 g/mol. The second-order valence-electron chi connectivity index (χ2n) is 16.9. The summed E-state index contributed by atoms with van der Waals surface area (Å²) in [7, 11) is -2.29. The zero-order valence-corrected chi connectivity index (χ0v) is 36.4. The third-order valence-electron chi connectivity index (χ3n) is 12.2. The first kappa shape index (κ1) is 42.2. The number of aryl methyl sites for hydroxylation is 1. The van der Waals surface area contributed by atoms with Crippen molar-refractivity contribution in [3.63, 3.8) is 0 Å². The molecular weight excluding hydrogens is 815 g/mol. The molecule has 0 radical (unpaired) electrons. The number of ether oxygens (including phenoxy) is 2. The van der Waals surface area contributed by atoms with Gasteiger partial charge < -0.3 is 25.0 Å². The molecule has 3 fully saturated rings. The molecule has 4 aromatic rings. The quantitative estimate of drug-likeness (QED) is 0.147. The Balaban J connectivity index is 1.16. The summed E-state index contributed by atoms with van der Waals surface area (Å²) < 4.78 is 40.7. The molecule has 4 aliphatic rings. The molecule has 16 heteroatoms. The predicted molar refractivity (Wildman–Crippen MR) is 233 cm³/mol. The maximum atomic E-state index is 14.9. The average Bonchev–Trinajstić information content (AvgIpc) is 4.12. The van der Waals surface area contributed by atoms with E-state index in [1.807, 2.05) is 42.7 Å². The summed E-state index contributed by atoms with van der Waals surface area (Å²) in [6, 6.07) is 12.9. The third-order valence-corrected chi connectivity index (χ3v) is 14.9. The molecule has 5 atom stereocenters. The number of pyridine rings is 1. The Bertz CT molecular complexity index is 2550. The van der Waals surface area contributed by atoms with Crippen molar-refractivity contribution in [3.05, 3.63) is 76.8 Å². The number of carbonyl (C=O) groups is 3. The van der Waals surface area contributed by atoms with E-state index in [0.29, 0.717) is 53.2 Å². The minimum atomic E-state index is -3.90. The van der Waals surface area contributed by atoms with Gasteiger partial charge in [0.25, 0.3) is 5.91 Å². The Morgan fingerprint density at radius 3 is 2.64 bits per heavy atom. The predicted octanol–water partition coefficient (Wildman–Crippen LogP) is 6.50. The van der Waals surface area contributed by atoms with Gasteiger partial charge in [0.1, 0.15) is 45.9 Å². The number of amides is 3. The Hall–Kier alpha value is -5.53. The molecule has 2 aliphatic heterocycles. The van der Waals surface area contributed by atoms with Gasteiger partial charge in [-0.25, -0.2) is 18.4 Å². The highest BCUT2D eigenvalue weighted by Gasteiger charge is 2.62. The van der Waals surface area contributed by atoms with Crippen LogP contribution in [0.1, 0.15) is 94.4 Å². The van der Waals surface area contributed by atoms with Gasteiger partial charge in [-0.1, -0.05) is 44.9 Å². The van der Waals surface area contributed by atoms with Gasteiger partial charge in [0.05, 0.1) is 41.7 Å². The van der Waals surface area contributed by atoms with Gasteiger partial charge in [0.2, 0.25) is 21.8 Å². The molecule has 61 heavy (non-hydrogen) atoms. The van der Waals surface area contributed by atoms with E-state index < -0.39 is 56.7 Å². The Morgan fingerprint density at radius 2 is 1.90 bits per heavy atom.